The van der Waals surface area contributed by atoms with Crippen LogP contribution < -0.4 is 5.32 Å². The highest BCUT2D eigenvalue weighted by Crippen LogP contribution is 2.21. The molecule has 1 N–H and O–H groups in total. The fourth-order valence-electron chi connectivity index (χ4n) is 2.62. The van der Waals surface area contributed by atoms with Gasteiger partial charge in [-0.3, -0.25) is 0 Å². The molecule has 20 heavy (non-hydrogen) atoms. The van der Waals surface area contributed by atoms with Gasteiger partial charge in [-0.25, -0.2) is 0 Å². The number of para-hydroxylation sites is 2. The third kappa shape index (κ3) is 2.96. The summed E-state index contributed by atoms with van der Waals surface area (Å²) in [7, 11) is 2.19. The second-order valence-electron chi connectivity index (χ2n) is 5.40. The minimum atomic E-state index is 0.744. The fourth-order valence-corrected chi connectivity index (χ4v) is 2.62. The average molecular weight is 272 g/mol. The number of anilines is 1. The van der Waals surface area contributed by atoms with Crippen LogP contribution in [0.4, 0.5) is 5.69 Å². The standard InChI is InChI=1S/C14H20N6/c1-19-8-6-12(7-9-19)10-15-13-4-2-3-5-14(13)20-11-16-17-18-20/h2-5,11-12,15H,6-10H2,1H3. The first kappa shape index (κ1) is 13.1. The smallest absolute Gasteiger partial charge is 0.143 e. The monoisotopic (exact) mass is 272 g/mol. The number of piperidine rings is 1. The summed E-state index contributed by atoms with van der Waals surface area (Å²) in [6, 6.07) is 8.13. The van der Waals surface area contributed by atoms with E-state index in [2.05, 4.69) is 38.9 Å². The van der Waals surface area contributed by atoms with Crippen molar-refractivity contribution in [1.29, 1.82) is 0 Å². The van der Waals surface area contributed by atoms with Crippen LogP contribution in [0.15, 0.2) is 30.6 Å². The molecule has 106 valence electrons. The third-order valence-corrected chi connectivity index (χ3v) is 3.92. The van der Waals surface area contributed by atoms with Crippen molar-refractivity contribution in [3.8, 4) is 5.69 Å². The van der Waals surface area contributed by atoms with Crippen molar-refractivity contribution in [2.75, 3.05) is 32.0 Å². The first-order valence-corrected chi connectivity index (χ1v) is 7.08. The van der Waals surface area contributed by atoms with Gasteiger partial charge in [0.25, 0.3) is 0 Å². The Morgan fingerprint density at radius 3 is 2.80 bits per heavy atom. The molecule has 1 aromatic carbocycles. The van der Waals surface area contributed by atoms with E-state index >= 15 is 0 Å². The molecule has 0 amide bonds. The Morgan fingerprint density at radius 1 is 1.25 bits per heavy atom. The third-order valence-electron chi connectivity index (χ3n) is 3.92. The maximum absolute atomic E-state index is 3.96. The molecule has 2 heterocycles. The van der Waals surface area contributed by atoms with Gasteiger partial charge in [-0.05, 0) is 61.5 Å². The molecule has 0 bridgehead atoms. The van der Waals surface area contributed by atoms with Gasteiger partial charge in [0.2, 0.25) is 0 Å². The summed E-state index contributed by atoms with van der Waals surface area (Å²) in [4.78, 5) is 2.39. The van der Waals surface area contributed by atoms with E-state index in [-0.39, 0.29) is 0 Å². The number of rotatable bonds is 4. The van der Waals surface area contributed by atoms with Crippen molar-refractivity contribution in [3.05, 3.63) is 30.6 Å². The van der Waals surface area contributed by atoms with Gasteiger partial charge in [-0.15, -0.1) is 5.10 Å². The lowest BCUT2D eigenvalue weighted by Crippen LogP contribution is -2.33. The summed E-state index contributed by atoms with van der Waals surface area (Å²) in [6.07, 6.45) is 4.14. The second kappa shape index (κ2) is 6.00. The lowest BCUT2D eigenvalue weighted by Gasteiger charge is -2.29. The van der Waals surface area contributed by atoms with E-state index < -0.39 is 0 Å². The van der Waals surface area contributed by atoms with Crippen LogP contribution in [0, 0.1) is 5.92 Å². The molecule has 0 unspecified atom stereocenters. The van der Waals surface area contributed by atoms with E-state index in [0.29, 0.717) is 0 Å². The molecule has 1 aliphatic heterocycles. The second-order valence-corrected chi connectivity index (χ2v) is 5.40. The maximum Gasteiger partial charge on any atom is 0.143 e. The predicted octanol–water partition coefficient (Wildman–Crippen LogP) is 1.42. The molecule has 1 saturated heterocycles. The predicted molar refractivity (Wildman–Crippen MR) is 77.9 cm³/mol. The summed E-state index contributed by atoms with van der Waals surface area (Å²) in [5.41, 5.74) is 2.07. The van der Waals surface area contributed by atoms with E-state index in [1.165, 1.54) is 25.9 Å². The Bertz CT molecular complexity index is 530. The van der Waals surface area contributed by atoms with Crippen LogP contribution in [0.5, 0.6) is 0 Å². The molecule has 0 saturated carbocycles. The summed E-state index contributed by atoms with van der Waals surface area (Å²) >= 11 is 0. The Kier molecular flexibility index (Phi) is 3.92. The minimum Gasteiger partial charge on any atom is -0.383 e. The van der Waals surface area contributed by atoms with Gasteiger partial charge < -0.3 is 10.2 Å². The molecule has 2 aromatic rings. The largest absolute Gasteiger partial charge is 0.383 e. The number of tetrazole rings is 1. The quantitative estimate of drug-likeness (QED) is 0.912. The number of likely N-dealkylation sites (tertiary alicyclic amines) is 1. The highest BCUT2D eigenvalue weighted by molar-refractivity contribution is 5.60. The van der Waals surface area contributed by atoms with Crippen molar-refractivity contribution < 1.29 is 0 Å². The zero-order chi connectivity index (χ0) is 13.8. The molecular weight excluding hydrogens is 252 g/mol. The van der Waals surface area contributed by atoms with Gasteiger partial charge in [-0.1, -0.05) is 12.1 Å². The van der Waals surface area contributed by atoms with E-state index in [9.17, 15) is 0 Å². The van der Waals surface area contributed by atoms with Gasteiger partial charge >= 0.3 is 0 Å². The Labute approximate surface area is 118 Å². The first-order valence-electron chi connectivity index (χ1n) is 7.08. The highest BCUT2D eigenvalue weighted by Gasteiger charge is 2.16. The Balaban J connectivity index is 1.66. The van der Waals surface area contributed by atoms with E-state index in [1.807, 2.05) is 18.2 Å². The minimum absolute atomic E-state index is 0.744. The van der Waals surface area contributed by atoms with E-state index in [4.69, 9.17) is 0 Å². The van der Waals surface area contributed by atoms with Crippen LogP contribution >= 0.6 is 0 Å². The number of aromatic nitrogens is 4. The lowest BCUT2D eigenvalue weighted by molar-refractivity contribution is 0.226. The van der Waals surface area contributed by atoms with Crippen molar-refractivity contribution in [2.45, 2.75) is 12.8 Å². The molecule has 3 rings (SSSR count). The average Bonchev–Trinajstić information content (AvgIpc) is 3.01. The van der Waals surface area contributed by atoms with E-state index in [0.717, 1.165) is 23.8 Å². The van der Waals surface area contributed by atoms with Gasteiger partial charge in [0.1, 0.15) is 6.33 Å². The molecule has 6 heteroatoms. The Morgan fingerprint density at radius 2 is 2.05 bits per heavy atom. The lowest BCUT2D eigenvalue weighted by atomic mass is 9.97. The zero-order valence-electron chi connectivity index (χ0n) is 11.7. The molecule has 1 aromatic heterocycles. The molecule has 0 spiro atoms. The fraction of sp³-hybridized carbons (Fsp3) is 0.500. The SMILES string of the molecule is CN1CCC(CNc2ccccc2-n2cnnn2)CC1. The molecule has 1 aliphatic rings. The topological polar surface area (TPSA) is 58.9 Å². The van der Waals surface area contributed by atoms with Crippen molar-refractivity contribution >= 4 is 5.69 Å². The first-order chi connectivity index (χ1) is 9.83. The molecule has 0 radical (unpaired) electrons. The van der Waals surface area contributed by atoms with Gasteiger partial charge in [0, 0.05) is 6.54 Å². The zero-order valence-corrected chi connectivity index (χ0v) is 11.7. The van der Waals surface area contributed by atoms with Crippen LogP contribution in [0.2, 0.25) is 0 Å². The number of hydrogen-bond acceptors (Lipinski definition) is 5. The molecule has 0 aliphatic carbocycles. The van der Waals surface area contributed by atoms with Crippen LogP contribution in [0.1, 0.15) is 12.8 Å². The number of benzene rings is 1. The highest BCUT2D eigenvalue weighted by atomic mass is 15.5. The van der Waals surface area contributed by atoms with Gasteiger partial charge in [-0.2, -0.15) is 4.68 Å². The summed E-state index contributed by atoms with van der Waals surface area (Å²) in [6.45, 7) is 3.40. The number of hydrogen-bond donors (Lipinski definition) is 1. The van der Waals surface area contributed by atoms with Crippen LogP contribution in [-0.4, -0.2) is 51.8 Å². The van der Waals surface area contributed by atoms with Gasteiger partial charge in [0.05, 0.1) is 11.4 Å². The van der Waals surface area contributed by atoms with Crippen LogP contribution in [0.3, 0.4) is 0 Å². The summed E-state index contributed by atoms with van der Waals surface area (Å²) in [5, 5.41) is 14.9. The van der Waals surface area contributed by atoms with Gasteiger partial charge in [0.15, 0.2) is 0 Å². The normalized spacial score (nSPS) is 17.2. The van der Waals surface area contributed by atoms with Crippen molar-refractivity contribution in [1.82, 2.24) is 25.1 Å². The molecule has 0 atom stereocenters. The summed E-state index contributed by atoms with van der Waals surface area (Å²) in [5.74, 6) is 0.744. The summed E-state index contributed by atoms with van der Waals surface area (Å²) < 4.78 is 1.69. The molecule has 6 nitrogen and oxygen atoms in total. The number of nitrogens with zero attached hydrogens (tertiary/aromatic N) is 5. The van der Waals surface area contributed by atoms with Crippen molar-refractivity contribution in [3.63, 3.8) is 0 Å². The molecular formula is C14H20N6. The van der Waals surface area contributed by atoms with E-state index in [1.54, 1.807) is 11.0 Å². The van der Waals surface area contributed by atoms with Crippen molar-refractivity contribution in [2.24, 2.45) is 5.92 Å². The van der Waals surface area contributed by atoms with Crippen LogP contribution in [0.25, 0.3) is 5.69 Å². The number of nitrogens with one attached hydrogen (secondary N) is 1. The maximum atomic E-state index is 3.96. The Hall–Kier alpha value is -1.95. The molecule has 1 fully saturated rings. The van der Waals surface area contributed by atoms with Crippen LogP contribution in [-0.2, 0) is 0 Å².